The van der Waals surface area contributed by atoms with Gasteiger partial charge in [0.1, 0.15) is 0 Å². The molecule has 1 nitrogen and oxygen atoms in total. The van der Waals surface area contributed by atoms with Crippen LogP contribution in [-0.2, 0) is 5.41 Å². The number of anilines is 3. The standard InChI is InChI=1S/C59H41N/c1-5-22-42(23-6-1)47-33-15-16-34-49(47)52-36-18-20-39-57(52)60(46-30-11-4-12-31-46)58-41-56-53(40-54(58)50-37-21-25-43-24-13-14-32-48(43)50)51-35-17-19-38-55(51)59(56,44-26-7-2-8-27-44)45-28-9-3-10-29-45/h1-41H. The van der Waals surface area contributed by atoms with Crippen LogP contribution in [0.25, 0.3) is 55.3 Å². The molecule has 0 atom stereocenters. The summed E-state index contributed by atoms with van der Waals surface area (Å²) in [5, 5.41) is 2.44. The van der Waals surface area contributed by atoms with E-state index in [9.17, 15) is 0 Å². The molecule has 10 aromatic carbocycles. The number of nitrogens with zero attached hydrogens (tertiary/aromatic N) is 1. The summed E-state index contributed by atoms with van der Waals surface area (Å²) in [7, 11) is 0. The van der Waals surface area contributed by atoms with Crippen molar-refractivity contribution < 1.29 is 0 Å². The van der Waals surface area contributed by atoms with Crippen molar-refractivity contribution in [1.82, 2.24) is 0 Å². The Labute approximate surface area is 352 Å². The molecule has 1 aliphatic carbocycles. The van der Waals surface area contributed by atoms with Gasteiger partial charge in [-0.3, -0.25) is 0 Å². The quantitative estimate of drug-likeness (QED) is 0.149. The fourth-order valence-electron chi connectivity index (χ4n) is 9.81. The summed E-state index contributed by atoms with van der Waals surface area (Å²) in [6.45, 7) is 0. The molecular weight excluding hydrogens is 723 g/mol. The first-order valence-corrected chi connectivity index (χ1v) is 20.8. The first kappa shape index (κ1) is 35.4. The summed E-state index contributed by atoms with van der Waals surface area (Å²) >= 11 is 0. The molecule has 10 aromatic rings. The van der Waals surface area contributed by atoms with Gasteiger partial charge in [0.05, 0.1) is 16.8 Å². The van der Waals surface area contributed by atoms with Crippen molar-refractivity contribution in [3.8, 4) is 44.5 Å². The van der Waals surface area contributed by atoms with Gasteiger partial charge < -0.3 is 4.90 Å². The highest BCUT2D eigenvalue weighted by atomic mass is 15.1. The monoisotopic (exact) mass is 763 g/mol. The van der Waals surface area contributed by atoms with Crippen molar-refractivity contribution in [3.05, 3.63) is 271 Å². The van der Waals surface area contributed by atoms with Crippen molar-refractivity contribution in [2.45, 2.75) is 5.41 Å². The molecule has 282 valence electrons. The maximum Gasteiger partial charge on any atom is 0.0714 e. The zero-order valence-corrected chi connectivity index (χ0v) is 33.1. The fourth-order valence-corrected chi connectivity index (χ4v) is 9.81. The van der Waals surface area contributed by atoms with E-state index in [1.165, 1.54) is 72.0 Å². The molecule has 1 aliphatic rings. The molecule has 0 saturated heterocycles. The van der Waals surface area contributed by atoms with Gasteiger partial charge in [-0.25, -0.2) is 0 Å². The van der Waals surface area contributed by atoms with Crippen LogP contribution in [0, 0.1) is 0 Å². The zero-order valence-electron chi connectivity index (χ0n) is 33.1. The van der Waals surface area contributed by atoms with Gasteiger partial charge in [0.25, 0.3) is 0 Å². The first-order chi connectivity index (χ1) is 29.8. The molecule has 0 spiro atoms. The lowest BCUT2D eigenvalue weighted by molar-refractivity contribution is 0.768. The highest BCUT2D eigenvalue weighted by Gasteiger charge is 2.47. The zero-order chi connectivity index (χ0) is 39.9. The van der Waals surface area contributed by atoms with E-state index in [4.69, 9.17) is 0 Å². The van der Waals surface area contributed by atoms with Crippen LogP contribution in [0.1, 0.15) is 22.3 Å². The molecule has 0 amide bonds. The lowest BCUT2D eigenvalue weighted by Crippen LogP contribution is -2.28. The normalized spacial score (nSPS) is 12.5. The molecule has 11 rings (SSSR count). The average Bonchev–Trinajstić information content (AvgIpc) is 3.62. The van der Waals surface area contributed by atoms with Crippen LogP contribution in [-0.4, -0.2) is 0 Å². The van der Waals surface area contributed by atoms with E-state index in [-0.39, 0.29) is 0 Å². The minimum absolute atomic E-state index is 0.567. The SMILES string of the molecule is c1ccc(-c2ccccc2-c2ccccc2N(c2ccccc2)c2cc3c(cc2-c2cccc4ccccc24)-c2ccccc2C3(c2ccccc2)c2ccccc2)cc1. The van der Waals surface area contributed by atoms with Crippen LogP contribution < -0.4 is 4.90 Å². The number of benzene rings is 10. The van der Waals surface area contributed by atoms with E-state index >= 15 is 0 Å². The second kappa shape index (κ2) is 14.9. The third-order valence-electron chi connectivity index (χ3n) is 12.4. The molecule has 0 bridgehead atoms. The van der Waals surface area contributed by atoms with Crippen LogP contribution in [0.2, 0.25) is 0 Å². The molecule has 0 radical (unpaired) electrons. The third-order valence-corrected chi connectivity index (χ3v) is 12.4. The number of hydrogen-bond donors (Lipinski definition) is 0. The largest absolute Gasteiger partial charge is 0.309 e. The van der Waals surface area contributed by atoms with Gasteiger partial charge in [0.15, 0.2) is 0 Å². The smallest absolute Gasteiger partial charge is 0.0714 e. The van der Waals surface area contributed by atoms with Crippen molar-refractivity contribution in [1.29, 1.82) is 0 Å². The first-order valence-electron chi connectivity index (χ1n) is 20.8. The maximum atomic E-state index is 2.53. The fraction of sp³-hybridized carbons (Fsp3) is 0.0169. The van der Waals surface area contributed by atoms with Crippen molar-refractivity contribution in [2.75, 3.05) is 4.90 Å². The van der Waals surface area contributed by atoms with Crippen molar-refractivity contribution in [2.24, 2.45) is 0 Å². The van der Waals surface area contributed by atoms with Gasteiger partial charge in [-0.1, -0.05) is 218 Å². The Balaban J connectivity index is 1.29. The van der Waals surface area contributed by atoms with E-state index in [2.05, 4.69) is 254 Å². The molecule has 0 N–H and O–H groups in total. The highest BCUT2D eigenvalue weighted by Crippen LogP contribution is 2.59. The number of para-hydroxylation sites is 2. The van der Waals surface area contributed by atoms with Gasteiger partial charge in [0, 0.05) is 16.8 Å². The van der Waals surface area contributed by atoms with Crippen LogP contribution in [0.5, 0.6) is 0 Å². The van der Waals surface area contributed by atoms with E-state index in [1.807, 2.05) is 0 Å². The second-order valence-electron chi connectivity index (χ2n) is 15.6. The Morgan fingerprint density at radius 1 is 0.283 bits per heavy atom. The molecule has 0 fully saturated rings. The molecule has 0 heterocycles. The topological polar surface area (TPSA) is 3.24 Å². The van der Waals surface area contributed by atoms with Gasteiger partial charge >= 0.3 is 0 Å². The van der Waals surface area contributed by atoms with E-state index in [1.54, 1.807) is 0 Å². The summed E-state index contributed by atoms with van der Waals surface area (Å²) in [5.41, 5.74) is 17.4. The molecule has 60 heavy (non-hydrogen) atoms. The Morgan fingerprint density at radius 3 is 1.52 bits per heavy atom. The van der Waals surface area contributed by atoms with Crippen LogP contribution >= 0.6 is 0 Å². The lowest BCUT2D eigenvalue weighted by atomic mass is 9.67. The minimum atomic E-state index is -0.567. The highest BCUT2D eigenvalue weighted by molar-refractivity contribution is 6.05. The minimum Gasteiger partial charge on any atom is -0.309 e. The van der Waals surface area contributed by atoms with E-state index < -0.39 is 5.41 Å². The predicted octanol–water partition coefficient (Wildman–Crippen LogP) is 15.7. The van der Waals surface area contributed by atoms with Crippen LogP contribution in [0.3, 0.4) is 0 Å². The summed E-state index contributed by atoms with van der Waals surface area (Å²) < 4.78 is 0. The molecule has 0 saturated carbocycles. The van der Waals surface area contributed by atoms with Gasteiger partial charge in [0.2, 0.25) is 0 Å². The van der Waals surface area contributed by atoms with Crippen molar-refractivity contribution >= 4 is 27.8 Å². The van der Waals surface area contributed by atoms with Gasteiger partial charge in [-0.2, -0.15) is 0 Å². The Bertz CT molecular complexity index is 3090. The lowest BCUT2D eigenvalue weighted by Gasteiger charge is -2.36. The predicted molar refractivity (Wildman–Crippen MR) is 252 cm³/mol. The molecule has 1 heteroatoms. The summed E-state index contributed by atoms with van der Waals surface area (Å²) in [6, 6.07) is 91.2. The summed E-state index contributed by atoms with van der Waals surface area (Å²) in [6.07, 6.45) is 0. The molecule has 0 unspecified atom stereocenters. The van der Waals surface area contributed by atoms with E-state index in [0.29, 0.717) is 0 Å². The summed E-state index contributed by atoms with van der Waals surface area (Å²) in [5.74, 6) is 0. The van der Waals surface area contributed by atoms with Gasteiger partial charge in [-0.15, -0.1) is 0 Å². The maximum absolute atomic E-state index is 2.53. The molecule has 0 aromatic heterocycles. The number of rotatable bonds is 8. The third kappa shape index (κ3) is 5.70. The van der Waals surface area contributed by atoms with Crippen LogP contribution in [0.15, 0.2) is 249 Å². The molecule has 0 aliphatic heterocycles. The second-order valence-corrected chi connectivity index (χ2v) is 15.6. The van der Waals surface area contributed by atoms with Crippen molar-refractivity contribution in [3.63, 3.8) is 0 Å². The van der Waals surface area contributed by atoms with Crippen LogP contribution in [0.4, 0.5) is 17.1 Å². The molecular formula is C59H41N. The van der Waals surface area contributed by atoms with Gasteiger partial charge in [-0.05, 0) is 96.7 Å². The number of hydrogen-bond acceptors (Lipinski definition) is 1. The Hall–Kier alpha value is -7.74. The average molecular weight is 764 g/mol. The Kier molecular flexibility index (Phi) is 8.79. The number of fused-ring (bicyclic) bond motifs is 4. The Morgan fingerprint density at radius 2 is 0.800 bits per heavy atom. The van der Waals surface area contributed by atoms with E-state index in [0.717, 1.165) is 22.6 Å². The summed E-state index contributed by atoms with van der Waals surface area (Å²) in [4.78, 5) is 2.51.